The normalized spacial score (nSPS) is 17.2. The summed E-state index contributed by atoms with van der Waals surface area (Å²) in [6, 6.07) is 0. The van der Waals surface area contributed by atoms with Crippen molar-refractivity contribution in [2.45, 2.75) is 65.1 Å². The van der Waals surface area contributed by atoms with Crippen molar-refractivity contribution in [2.75, 3.05) is 13.1 Å². The fourth-order valence-electron chi connectivity index (χ4n) is 2.49. The Hall–Kier alpha value is -1.30. The van der Waals surface area contributed by atoms with Gasteiger partial charge in [0.2, 0.25) is 0 Å². The van der Waals surface area contributed by atoms with Crippen LogP contribution in [-0.4, -0.2) is 36.5 Å². The number of carbonyl (C=O) groups is 2. The zero-order valence-corrected chi connectivity index (χ0v) is 13.7. The van der Waals surface area contributed by atoms with Crippen LogP contribution in [0.4, 0.5) is 9.59 Å². The molecule has 6 nitrogen and oxygen atoms in total. The molecule has 1 aliphatic rings. The Labute approximate surface area is 126 Å². The van der Waals surface area contributed by atoms with Gasteiger partial charge in [0.1, 0.15) is 11.2 Å². The van der Waals surface area contributed by atoms with Gasteiger partial charge in [-0.2, -0.15) is 0 Å². The van der Waals surface area contributed by atoms with E-state index in [2.05, 4.69) is 10.6 Å². The van der Waals surface area contributed by atoms with Gasteiger partial charge in [-0.15, -0.1) is 0 Å². The first-order valence-corrected chi connectivity index (χ1v) is 7.51. The van der Waals surface area contributed by atoms with Gasteiger partial charge in [0.15, 0.2) is 0 Å². The number of rotatable bonds is 3. The molecule has 1 fully saturated rings. The molecule has 21 heavy (non-hydrogen) atoms. The molecule has 0 saturated carbocycles. The first-order valence-electron chi connectivity index (χ1n) is 7.51. The topological polar surface area (TPSA) is 76.7 Å². The maximum Gasteiger partial charge on any atom is 0.417 e. The van der Waals surface area contributed by atoms with Crippen molar-refractivity contribution in [3.8, 4) is 0 Å². The van der Waals surface area contributed by atoms with E-state index in [9.17, 15) is 9.59 Å². The van der Waals surface area contributed by atoms with Crippen molar-refractivity contribution >= 4 is 12.2 Å². The number of hydrogen-bond acceptors (Lipinski definition) is 5. The van der Waals surface area contributed by atoms with Crippen LogP contribution >= 0.6 is 0 Å². The van der Waals surface area contributed by atoms with E-state index >= 15 is 0 Å². The summed E-state index contributed by atoms with van der Waals surface area (Å²) < 4.78 is 10.4. The van der Waals surface area contributed by atoms with Crippen LogP contribution in [0.2, 0.25) is 0 Å². The molecule has 1 aliphatic heterocycles. The van der Waals surface area contributed by atoms with E-state index in [1.807, 2.05) is 13.8 Å². The third-order valence-electron chi connectivity index (χ3n) is 3.21. The van der Waals surface area contributed by atoms with Crippen LogP contribution in [0.3, 0.4) is 0 Å². The Morgan fingerprint density at radius 3 is 2.10 bits per heavy atom. The zero-order chi connectivity index (χ0) is 16.1. The molecule has 0 bridgehead atoms. The first kappa shape index (κ1) is 17.8. The Morgan fingerprint density at radius 1 is 1.05 bits per heavy atom. The molecular formula is C15H28N2O4. The number of hydrogen-bond donors (Lipinski definition) is 2. The predicted molar refractivity (Wildman–Crippen MR) is 80.1 cm³/mol. The Kier molecular flexibility index (Phi) is 6.01. The highest BCUT2D eigenvalue weighted by Crippen LogP contribution is 2.26. The molecule has 0 spiro atoms. The summed E-state index contributed by atoms with van der Waals surface area (Å²) in [4.78, 5) is 23.3. The standard InChI is InChI=1S/C15H28N2O4/c1-14(2,3)20-12(18)17-13(19)21-15(4,5)10-11-6-8-16-9-7-11/h11,16H,6-10H2,1-5H3,(H,17,18,19). The molecule has 0 aromatic heterocycles. The van der Waals surface area contributed by atoms with Crippen molar-refractivity contribution in [3.63, 3.8) is 0 Å². The molecule has 0 aliphatic carbocycles. The molecule has 2 amide bonds. The summed E-state index contributed by atoms with van der Waals surface area (Å²) in [5.41, 5.74) is -1.25. The van der Waals surface area contributed by atoms with Gasteiger partial charge < -0.3 is 14.8 Å². The smallest absolute Gasteiger partial charge is 0.417 e. The summed E-state index contributed by atoms with van der Waals surface area (Å²) in [5, 5.41) is 5.40. The summed E-state index contributed by atoms with van der Waals surface area (Å²) in [6.45, 7) is 10.9. The second-order valence-electron chi connectivity index (χ2n) is 7.17. The predicted octanol–water partition coefficient (Wildman–Crippen LogP) is 2.82. The Balaban J connectivity index is 2.39. The second-order valence-corrected chi connectivity index (χ2v) is 7.17. The van der Waals surface area contributed by atoms with Gasteiger partial charge in [0.25, 0.3) is 0 Å². The van der Waals surface area contributed by atoms with Crippen molar-refractivity contribution < 1.29 is 19.1 Å². The number of ether oxygens (including phenoxy) is 2. The van der Waals surface area contributed by atoms with E-state index in [0.717, 1.165) is 32.4 Å². The average Bonchev–Trinajstić information content (AvgIpc) is 2.25. The molecule has 0 aromatic rings. The van der Waals surface area contributed by atoms with Gasteiger partial charge in [0, 0.05) is 0 Å². The maximum atomic E-state index is 11.8. The van der Waals surface area contributed by atoms with Crippen molar-refractivity contribution in [2.24, 2.45) is 5.92 Å². The summed E-state index contributed by atoms with van der Waals surface area (Å²) in [6.07, 6.45) is 1.41. The molecule has 0 radical (unpaired) electrons. The number of imide groups is 1. The molecule has 0 unspecified atom stereocenters. The molecule has 122 valence electrons. The van der Waals surface area contributed by atoms with Crippen LogP contribution in [0, 0.1) is 5.92 Å². The van der Waals surface area contributed by atoms with Crippen molar-refractivity contribution in [1.29, 1.82) is 0 Å². The highest BCUT2D eigenvalue weighted by atomic mass is 16.6. The fourth-order valence-corrected chi connectivity index (χ4v) is 2.49. The lowest BCUT2D eigenvalue weighted by atomic mass is 9.87. The lowest BCUT2D eigenvalue weighted by Crippen LogP contribution is -2.42. The van der Waals surface area contributed by atoms with Crippen LogP contribution in [-0.2, 0) is 9.47 Å². The SMILES string of the molecule is CC(C)(C)OC(=O)NC(=O)OC(C)(C)CC1CCNCC1. The quantitative estimate of drug-likeness (QED) is 0.838. The molecule has 0 aromatic carbocycles. The number of nitrogens with one attached hydrogen (secondary N) is 2. The summed E-state index contributed by atoms with van der Waals surface area (Å²) >= 11 is 0. The largest absolute Gasteiger partial charge is 0.443 e. The third-order valence-corrected chi connectivity index (χ3v) is 3.21. The van der Waals surface area contributed by atoms with Gasteiger partial charge in [0.05, 0.1) is 0 Å². The van der Waals surface area contributed by atoms with Crippen LogP contribution in [0.25, 0.3) is 0 Å². The average molecular weight is 300 g/mol. The highest BCUT2D eigenvalue weighted by Gasteiger charge is 2.29. The van der Waals surface area contributed by atoms with E-state index in [-0.39, 0.29) is 0 Å². The number of piperidine rings is 1. The number of alkyl carbamates (subject to hydrolysis) is 2. The third kappa shape index (κ3) is 7.90. The molecule has 1 saturated heterocycles. The van der Waals surface area contributed by atoms with E-state index in [0.29, 0.717) is 5.92 Å². The second kappa shape index (κ2) is 7.11. The molecular weight excluding hydrogens is 272 g/mol. The summed E-state index contributed by atoms with van der Waals surface area (Å²) in [7, 11) is 0. The maximum absolute atomic E-state index is 11.8. The monoisotopic (exact) mass is 300 g/mol. The number of carbonyl (C=O) groups excluding carboxylic acids is 2. The zero-order valence-electron chi connectivity index (χ0n) is 13.7. The molecule has 6 heteroatoms. The highest BCUT2D eigenvalue weighted by molar-refractivity contribution is 5.87. The molecule has 1 rings (SSSR count). The van der Waals surface area contributed by atoms with Gasteiger partial charge >= 0.3 is 12.2 Å². The van der Waals surface area contributed by atoms with E-state index in [1.165, 1.54) is 0 Å². The Morgan fingerprint density at radius 2 is 1.57 bits per heavy atom. The minimum atomic E-state index is -0.787. The van der Waals surface area contributed by atoms with Crippen molar-refractivity contribution in [1.82, 2.24) is 10.6 Å². The minimum Gasteiger partial charge on any atom is -0.443 e. The lowest BCUT2D eigenvalue weighted by Gasteiger charge is -2.31. The van der Waals surface area contributed by atoms with Gasteiger partial charge in [-0.3, -0.25) is 0 Å². The lowest BCUT2D eigenvalue weighted by molar-refractivity contribution is 0.0122. The van der Waals surface area contributed by atoms with E-state index in [1.54, 1.807) is 20.8 Å². The van der Waals surface area contributed by atoms with Gasteiger partial charge in [-0.1, -0.05) is 0 Å². The van der Waals surface area contributed by atoms with Gasteiger partial charge in [-0.25, -0.2) is 14.9 Å². The Bertz CT molecular complexity index is 368. The molecule has 2 N–H and O–H groups in total. The van der Waals surface area contributed by atoms with Crippen LogP contribution < -0.4 is 10.6 Å². The van der Waals surface area contributed by atoms with Crippen LogP contribution in [0.15, 0.2) is 0 Å². The van der Waals surface area contributed by atoms with Crippen molar-refractivity contribution in [3.05, 3.63) is 0 Å². The first-order chi connectivity index (χ1) is 9.57. The van der Waals surface area contributed by atoms with Crippen LogP contribution in [0.5, 0.6) is 0 Å². The van der Waals surface area contributed by atoms with Crippen LogP contribution in [0.1, 0.15) is 53.9 Å². The minimum absolute atomic E-state index is 0.538. The molecule has 0 atom stereocenters. The number of amides is 2. The fraction of sp³-hybridized carbons (Fsp3) is 0.867. The van der Waals surface area contributed by atoms with Gasteiger partial charge in [-0.05, 0) is 72.9 Å². The molecule has 1 heterocycles. The summed E-state index contributed by atoms with van der Waals surface area (Å²) in [5.74, 6) is 0.538. The van der Waals surface area contributed by atoms with E-state index in [4.69, 9.17) is 9.47 Å². The van der Waals surface area contributed by atoms with E-state index < -0.39 is 23.4 Å².